The number of benzene rings is 2. The molecule has 2 N–H and O–H groups in total. The number of aliphatic hydroxyl groups excluding tert-OH is 1. The van der Waals surface area contributed by atoms with Gasteiger partial charge < -0.3 is 24.6 Å². The van der Waals surface area contributed by atoms with Crippen LogP contribution in [0.2, 0.25) is 0 Å². The van der Waals surface area contributed by atoms with Gasteiger partial charge >= 0.3 is 0 Å². The van der Waals surface area contributed by atoms with Crippen LogP contribution in [0, 0.1) is 0 Å². The van der Waals surface area contributed by atoms with E-state index in [1.165, 1.54) is 0 Å². The molecule has 1 unspecified atom stereocenters. The minimum absolute atomic E-state index is 0.246. The first-order valence-electron chi connectivity index (χ1n) is 7.36. The van der Waals surface area contributed by atoms with Crippen LogP contribution in [-0.4, -0.2) is 31.2 Å². The van der Waals surface area contributed by atoms with Gasteiger partial charge in [0, 0.05) is 17.6 Å². The fraction of sp³-hybridized carbons (Fsp3) is 0.294. The maximum Gasteiger partial charge on any atom is 0.231 e. The van der Waals surface area contributed by atoms with Crippen molar-refractivity contribution in [2.75, 3.05) is 19.9 Å². The Labute approximate surface area is 143 Å². The van der Waals surface area contributed by atoms with Gasteiger partial charge in [0.05, 0.1) is 0 Å². The van der Waals surface area contributed by atoms with E-state index < -0.39 is 6.10 Å². The second kappa shape index (κ2) is 7.68. The lowest BCUT2D eigenvalue weighted by molar-refractivity contribution is 0.106. The molecule has 2 aromatic rings. The van der Waals surface area contributed by atoms with E-state index in [9.17, 15) is 5.11 Å². The first-order chi connectivity index (χ1) is 11.2. The average Bonchev–Trinajstić information content (AvgIpc) is 3.02. The van der Waals surface area contributed by atoms with Crippen molar-refractivity contribution in [1.29, 1.82) is 0 Å². The summed E-state index contributed by atoms with van der Waals surface area (Å²) >= 11 is 3.37. The first-order valence-corrected chi connectivity index (χ1v) is 8.16. The molecule has 0 spiro atoms. The van der Waals surface area contributed by atoms with E-state index >= 15 is 0 Å². The number of hydrogen-bond acceptors (Lipinski definition) is 5. The molecule has 0 aromatic heterocycles. The van der Waals surface area contributed by atoms with Crippen molar-refractivity contribution in [1.82, 2.24) is 5.32 Å². The summed E-state index contributed by atoms with van der Waals surface area (Å²) in [4.78, 5) is 0. The normalized spacial score (nSPS) is 13.8. The lowest BCUT2D eigenvalue weighted by Crippen LogP contribution is -2.31. The standard InChI is InChI=1S/C17H18BrNO4/c18-13-2-4-15(5-3-13)21-10-14(20)9-19-8-12-1-6-16-17(7-12)23-11-22-16/h1-7,14,19-20H,8-11H2. The molecular formula is C17H18BrNO4. The van der Waals surface area contributed by atoms with Gasteiger partial charge in [-0.1, -0.05) is 22.0 Å². The first kappa shape index (κ1) is 16.1. The Morgan fingerprint density at radius 3 is 2.74 bits per heavy atom. The quantitative estimate of drug-likeness (QED) is 0.774. The van der Waals surface area contributed by atoms with E-state index in [1.807, 2.05) is 42.5 Å². The Bertz CT molecular complexity index is 648. The van der Waals surface area contributed by atoms with Gasteiger partial charge in [-0.2, -0.15) is 0 Å². The van der Waals surface area contributed by atoms with Crippen molar-refractivity contribution in [3.8, 4) is 17.2 Å². The summed E-state index contributed by atoms with van der Waals surface area (Å²) in [7, 11) is 0. The van der Waals surface area contributed by atoms with Crippen LogP contribution in [0.4, 0.5) is 0 Å². The number of hydrogen-bond donors (Lipinski definition) is 2. The molecule has 2 aromatic carbocycles. The minimum Gasteiger partial charge on any atom is -0.491 e. The van der Waals surface area contributed by atoms with Gasteiger partial charge in [-0.15, -0.1) is 0 Å². The summed E-state index contributed by atoms with van der Waals surface area (Å²) in [6.07, 6.45) is -0.576. The molecule has 5 nitrogen and oxygen atoms in total. The molecule has 3 rings (SSSR count). The number of halogens is 1. The summed E-state index contributed by atoms with van der Waals surface area (Å²) in [6, 6.07) is 13.3. The molecule has 0 saturated carbocycles. The van der Waals surface area contributed by atoms with Gasteiger partial charge in [0.25, 0.3) is 0 Å². The SMILES string of the molecule is OC(CNCc1ccc2c(c1)OCO2)COc1ccc(Br)cc1. The summed E-state index contributed by atoms with van der Waals surface area (Å²) in [5.74, 6) is 2.28. The number of nitrogens with one attached hydrogen (secondary N) is 1. The van der Waals surface area contributed by atoms with Gasteiger partial charge in [0.2, 0.25) is 6.79 Å². The van der Waals surface area contributed by atoms with E-state index in [0.717, 1.165) is 27.3 Å². The summed E-state index contributed by atoms with van der Waals surface area (Å²) in [5.41, 5.74) is 1.08. The number of fused-ring (bicyclic) bond motifs is 1. The van der Waals surface area contributed by atoms with Crippen molar-refractivity contribution in [2.24, 2.45) is 0 Å². The van der Waals surface area contributed by atoms with Gasteiger partial charge in [0.1, 0.15) is 18.5 Å². The minimum atomic E-state index is -0.576. The zero-order chi connectivity index (χ0) is 16.1. The molecule has 0 fully saturated rings. The van der Waals surface area contributed by atoms with Crippen molar-refractivity contribution < 1.29 is 19.3 Å². The van der Waals surface area contributed by atoms with E-state index in [4.69, 9.17) is 14.2 Å². The predicted molar refractivity (Wildman–Crippen MR) is 89.9 cm³/mol. The Balaban J connectivity index is 1.39. The van der Waals surface area contributed by atoms with Crippen LogP contribution in [-0.2, 0) is 6.54 Å². The number of ether oxygens (including phenoxy) is 3. The molecule has 0 bridgehead atoms. The lowest BCUT2D eigenvalue weighted by Gasteiger charge is -2.13. The third-order valence-electron chi connectivity index (χ3n) is 3.40. The smallest absolute Gasteiger partial charge is 0.231 e. The highest BCUT2D eigenvalue weighted by Gasteiger charge is 2.13. The molecule has 0 radical (unpaired) electrons. The van der Waals surface area contributed by atoms with Crippen LogP contribution in [0.3, 0.4) is 0 Å². The lowest BCUT2D eigenvalue weighted by atomic mass is 10.2. The highest BCUT2D eigenvalue weighted by Crippen LogP contribution is 2.32. The molecule has 1 heterocycles. The van der Waals surface area contributed by atoms with Crippen LogP contribution in [0.5, 0.6) is 17.2 Å². The van der Waals surface area contributed by atoms with Crippen LogP contribution < -0.4 is 19.5 Å². The van der Waals surface area contributed by atoms with Crippen molar-refractivity contribution >= 4 is 15.9 Å². The summed E-state index contributed by atoms with van der Waals surface area (Å²) in [6.45, 7) is 1.62. The predicted octanol–water partition coefficient (Wildman–Crippen LogP) is 2.71. The molecule has 6 heteroatoms. The third kappa shape index (κ3) is 4.60. The molecule has 1 atom stereocenters. The van der Waals surface area contributed by atoms with Gasteiger partial charge in [0.15, 0.2) is 11.5 Å². The third-order valence-corrected chi connectivity index (χ3v) is 3.93. The van der Waals surface area contributed by atoms with E-state index in [0.29, 0.717) is 13.1 Å². The van der Waals surface area contributed by atoms with Crippen molar-refractivity contribution in [2.45, 2.75) is 12.6 Å². The highest BCUT2D eigenvalue weighted by atomic mass is 79.9. The van der Waals surface area contributed by atoms with Crippen molar-refractivity contribution in [3.63, 3.8) is 0 Å². The Morgan fingerprint density at radius 1 is 1.13 bits per heavy atom. The zero-order valence-electron chi connectivity index (χ0n) is 12.5. The van der Waals surface area contributed by atoms with Crippen LogP contribution in [0.15, 0.2) is 46.9 Å². The second-order valence-electron chi connectivity index (χ2n) is 5.24. The highest BCUT2D eigenvalue weighted by molar-refractivity contribution is 9.10. The topological polar surface area (TPSA) is 60.0 Å². The second-order valence-corrected chi connectivity index (χ2v) is 6.15. The van der Waals surface area contributed by atoms with Crippen LogP contribution >= 0.6 is 15.9 Å². The monoisotopic (exact) mass is 379 g/mol. The van der Waals surface area contributed by atoms with Crippen molar-refractivity contribution in [3.05, 3.63) is 52.5 Å². The largest absolute Gasteiger partial charge is 0.491 e. The van der Waals surface area contributed by atoms with E-state index in [2.05, 4.69) is 21.2 Å². The number of rotatable bonds is 7. The van der Waals surface area contributed by atoms with Gasteiger partial charge in [-0.25, -0.2) is 0 Å². The van der Waals surface area contributed by atoms with Gasteiger partial charge in [-0.05, 0) is 42.0 Å². The fourth-order valence-electron chi connectivity index (χ4n) is 2.22. The Morgan fingerprint density at radius 2 is 1.91 bits per heavy atom. The van der Waals surface area contributed by atoms with Crippen LogP contribution in [0.25, 0.3) is 0 Å². The maximum atomic E-state index is 9.96. The van der Waals surface area contributed by atoms with E-state index in [-0.39, 0.29) is 13.4 Å². The summed E-state index contributed by atoms with van der Waals surface area (Å²) < 4.78 is 17.1. The molecule has 1 aliphatic heterocycles. The molecule has 1 aliphatic rings. The molecule has 0 aliphatic carbocycles. The summed E-state index contributed by atoms with van der Waals surface area (Å²) in [5, 5.41) is 13.2. The number of aliphatic hydroxyl groups is 1. The molecule has 23 heavy (non-hydrogen) atoms. The zero-order valence-corrected chi connectivity index (χ0v) is 14.1. The average molecular weight is 380 g/mol. The van der Waals surface area contributed by atoms with E-state index in [1.54, 1.807) is 0 Å². The molecule has 122 valence electrons. The van der Waals surface area contributed by atoms with Crippen LogP contribution in [0.1, 0.15) is 5.56 Å². The Hall–Kier alpha value is -1.76. The molecule has 0 amide bonds. The van der Waals surface area contributed by atoms with Gasteiger partial charge in [-0.3, -0.25) is 0 Å². The Kier molecular flexibility index (Phi) is 5.38. The molecule has 0 saturated heterocycles. The maximum absolute atomic E-state index is 9.96. The molecular weight excluding hydrogens is 362 g/mol. The fourth-order valence-corrected chi connectivity index (χ4v) is 2.48.